The molecule has 0 amide bonds. The van der Waals surface area contributed by atoms with Crippen LogP contribution in [0.5, 0.6) is 0 Å². The molecule has 0 saturated carbocycles. The van der Waals surface area contributed by atoms with Crippen LogP contribution in [0.15, 0.2) is 42.9 Å². The highest BCUT2D eigenvalue weighted by atomic mass is 15.2. The number of nitrogens with two attached hydrogens (primary N) is 1. The molecule has 92 valence electrons. The molecule has 1 aliphatic heterocycles. The lowest BCUT2D eigenvalue weighted by atomic mass is 10.1. The van der Waals surface area contributed by atoms with E-state index in [2.05, 4.69) is 20.9 Å². The van der Waals surface area contributed by atoms with Crippen molar-refractivity contribution < 1.29 is 0 Å². The van der Waals surface area contributed by atoms with Gasteiger partial charge < -0.3 is 10.6 Å². The van der Waals surface area contributed by atoms with E-state index >= 15 is 0 Å². The number of hydrogen-bond donors (Lipinski definition) is 1. The molecule has 3 rings (SSSR count). The van der Waals surface area contributed by atoms with Crippen molar-refractivity contribution in [1.29, 1.82) is 0 Å². The molecular formula is C14H16N4. The molecule has 2 N–H and O–H groups in total. The Morgan fingerprint density at radius 2 is 2.22 bits per heavy atom. The first-order valence-electron chi connectivity index (χ1n) is 6.23. The van der Waals surface area contributed by atoms with Gasteiger partial charge in [-0.05, 0) is 30.5 Å². The molecule has 0 spiro atoms. The van der Waals surface area contributed by atoms with Gasteiger partial charge in [0.25, 0.3) is 0 Å². The lowest BCUT2D eigenvalue weighted by molar-refractivity contribution is 0.708. The molecule has 4 nitrogen and oxygen atoms in total. The van der Waals surface area contributed by atoms with Crippen molar-refractivity contribution in [3.63, 3.8) is 0 Å². The standard InChI is InChI=1S/C14H16N4/c15-12-5-7-17-14(9-12)18-8-2-4-13(18)11-3-1-6-16-10-11/h1,3,5-7,9-10,13H,2,4,8H2,(H2,15,17). The minimum Gasteiger partial charge on any atom is -0.399 e. The normalized spacial score (nSPS) is 19.1. The highest BCUT2D eigenvalue weighted by Crippen LogP contribution is 2.35. The third-order valence-corrected chi connectivity index (χ3v) is 3.39. The van der Waals surface area contributed by atoms with E-state index in [1.54, 1.807) is 6.20 Å². The maximum absolute atomic E-state index is 5.83. The molecule has 2 aromatic rings. The Kier molecular flexibility index (Phi) is 2.84. The van der Waals surface area contributed by atoms with Crippen LogP contribution >= 0.6 is 0 Å². The van der Waals surface area contributed by atoms with Crippen molar-refractivity contribution in [1.82, 2.24) is 9.97 Å². The Hall–Kier alpha value is -2.10. The molecule has 0 aliphatic carbocycles. The van der Waals surface area contributed by atoms with Crippen molar-refractivity contribution in [2.45, 2.75) is 18.9 Å². The summed E-state index contributed by atoms with van der Waals surface area (Å²) in [4.78, 5) is 10.9. The number of hydrogen-bond acceptors (Lipinski definition) is 4. The molecular weight excluding hydrogens is 224 g/mol. The van der Waals surface area contributed by atoms with Crippen LogP contribution in [0.1, 0.15) is 24.4 Å². The van der Waals surface area contributed by atoms with E-state index in [0.29, 0.717) is 6.04 Å². The molecule has 4 heteroatoms. The van der Waals surface area contributed by atoms with Gasteiger partial charge in [-0.25, -0.2) is 4.98 Å². The summed E-state index contributed by atoms with van der Waals surface area (Å²) in [5.74, 6) is 0.960. The highest BCUT2D eigenvalue weighted by Gasteiger charge is 2.27. The quantitative estimate of drug-likeness (QED) is 0.875. The van der Waals surface area contributed by atoms with Gasteiger partial charge in [0.1, 0.15) is 5.82 Å². The summed E-state index contributed by atoms with van der Waals surface area (Å²) in [7, 11) is 0. The van der Waals surface area contributed by atoms with E-state index in [-0.39, 0.29) is 0 Å². The van der Waals surface area contributed by atoms with E-state index in [4.69, 9.17) is 5.73 Å². The maximum atomic E-state index is 5.83. The van der Waals surface area contributed by atoms with Crippen molar-refractivity contribution >= 4 is 11.5 Å². The Bertz CT molecular complexity index is 526. The fourth-order valence-electron chi connectivity index (χ4n) is 2.55. The Labute approximate surface area is 106 Å². The Morgan fingerprint density at radius 1 is 1.28 bits per heavy atom. The molecule has 0 radical (unpaired) electrons. The van der Waals surface area contributed by atoms with Crippen LogP contribution in [0.2, 0.25) is 0 Å². The molecule has 1 aliphatic rings. The van der Waals surface area contributed by atoms with E-state index in [0.717, 1.165) is 24.5 Å². The fourth-order valence-corrected chi connectivity index (χ4v) is 2.55. The number of anilines is 2. The zero-order chi connectivity index (χ0) is 12.4. The average Bonchev–Trinajstić information content (AvgIpc) is 2.89. The van der Waals surface area contributed by atoms with Crippen molar-refractivity contribution in [3.05, 3.63) is 48.4 Å². The van der Waals surface area contributed by atoms with Gasteiger partial charge in [0, 0.05) is 36.9 Å². The molecule has 1 unspecified atom stereocenters. The summed E-state index contributed by atoms with van der Waals surface area (Å²) < 4.78 is 0. The Morgan fingerprint density at radius 3 is 3.00 bits per heavy atom. The Balaban J connectivity index is 1.92. The summed E-state index contributed by atoms with van der Waals surface area (Å²) in [6.07, 6.45) is 7.83. The first kappa shape index (κ1) is 11.0. The molecule has 1 fully saturated rings. The van der Waals surface area contributed by atoms with Crippen LogP contribution < -0.4 is 10.6 Å². The highest BCUT2D eigenvalue weighted by molar-refractivity contribution is 5.52. The minimum absolute atomic E-state index is 0.369. The predicted octanol–water partition coefficient (Wildman–Crippen LogP) is 2.40. The SMILES string of the molecule is Nc1ccnc(N2CCCC2c2cccnc2)c1. The molecule has 3 heterocycles. The number of nitrogens with zero attached hydrogens (tertiary/aromatic N) is 3. The van der Waals surface area contributed by atoms with Crippen LogP contribution in [-0.2, 0) is 0 Å². The molecule has 1 saturated heterocycles. The van der Waals surface area contributed by atoms with Gasteiger partial charge in [0.05, 0.1) is 6.04 Å². The third-order valence-electron chi connectivity index (χ3n) is 3.39. The monoisotopic (exact) mass is 240 g/mol. The van der Waals surface area contributed by atoms with Gasteiger partial charge in [0.15, 0.2) is 0 Å². The molecule has 0 aromatic carbocycles. The number of nitrogen functional groups attached to an aromatic ring is 1. The van der Waals surface area contributed by atoms with Crippen molar-refractivity contribution in [2.75, 3.05) is 17.2 Å². The van der Waals surface area contributed by atoms with Gasteiger partial charge >= 0.3 is 0 Å². The minimum atomic E-state index is 0.369. The summed E-state index contributed by atoms with van der Waals surface area (Å²) in [5.41, 5.74) is 7.84. The first-order valence-corrected chi connectivity index (χ1v) is 6.23. The van der Waals surface area contributed by atoms with E-state index in [1.807, 2.05) is 30.6 Å². The maximum Gasteiger partial charge on any atom is 0.131 e. The molecule has 1 atom stereocenters. The second-order valence-electron chi connectivity index (χ2n) is 4.59. The molecule has 0 bridgehead atoms. The fraction of sp³-hybridized carbons (Fsp3) is 0.286. The van der Waals surface area contributed by atoms with E-state index in [9.17, 15) is 0 Å². The van der Waals surface area contributed by atoms with Crippen LogP contribution in [0.4, 0.5) is 11.5 Å². The summed E-state index contributed by atoms with van der Waals surface area (Å²) in [6.45, 7) is 1.02. The first-order chi connectivity index (χ1) is 8.84. The molecule has 18 heavy (non-hydrogen) atoms. The zero-order valence-corrected chi connectivity index (χ0v) is 10.2. The zero-order valence-electron chi connectivity index (χ0n) is 10.2. The lowest BCUT2D eigenvalue weighted by Crippen LogP contribution is -2.23. The van der Waals surface area contributed by atoms with Crippen molar-refractivity contribution in [3.8, 4) is 0 Å². The van der Waals surface area contributed by atoms with Crippen LogP contribution in [-0.4, -0.2) is 16.5 Å². The summed E-state index contributed by atoms with van der Waals surface area (Å²) >= 11 is 0. The number of rotatable bonds is 2. The van der Waals surface area contributed by atoms with E-state index < -0.39 is 0 Å². The lowest BCUT2D eigenvalue weighted by Gasteiger charge is -2.25. The van der Waals surface area contributed by atoms with Crippen molar-refractivity contribution in [2.24, 2.45) is 0 Å². The van der Waals surface area contributed by atoms with E-state index in [1.165, 1.54) is 12.0 Å². The smallest absolute Gasteiger partial charge is 0.131 e. The van der Waals surface area contributed by atoms with Crippen LogP contribution in [0.3, 0.4) is 0 Å². The second kappa shape index (κ2) is 4.64. The van der Waals surface area contributed by atoms with Gasteiger partial charge in [-0.1, -0.05) is 6.07 Å². The van der Waals surface area contributed by atoms with Gasteiger partial charge in [0.2, 0.25) is 0 Å². The van der Waals surface area contributed by atoms with Crippen LogP contribution in [0.25, 0.3) is 0 Å². The second-order valence-corrected chi connectivity index (χ2v) is 4.59. The average molecular weight is 240 g/mol. The van der Waals surface area contributed by atoms with Gasteiger partial charge in [-0.2, -0.15) is 0 Å². The van der Waals surface area contributed by atoms with Gasteiger partial charge in [-0.3, -0.25) is 4.98 Å². The number of aromatic nitrogens is 2. The summed E-state index contributed by atoms with van der Waals surface area (Å²) in [6, 6.07) is 8.24. The van der Waals surface area contributed by atoms with Gasteiger partial charge in [-0.15, -0.1) is 0 Å². The van der Waals surface area contributed by atoms with Crippen LogP contribution in [0, 0.1) is 0 Å². The molecule has 2 aromatic heterocycles. The summed E-state index contributed by atoms with van der Waals surface area (Å²) in [5, 5.41) is 0. The topological polar surface area (TPSA) is 55.0 Å². The predicted molar refractivity (Wildman–Crippen MR) is 72.2 cm³/mol. The number of pyridine rings is 2. The largest absolute Gasteiger partial charge is 0.399 e. The third kappa shape index (κ3) is 2.01.